The van der Waals surface area contributed by atoms with Crippen LogP contribution in [-0.2, 0) is 6.54 Å². The number of amides is 1. The highest BCUT2D eigenvalue weighted by Gasteiger charge is 2.09. The van der Waals surface area contributed by atoms with Crippen LogP contribution in [0.5, 0.6) is 0 Å². The molecular formula is C15H15ClFN3O. The van der Waals surface area contributed by atoms with E-state index in [1.165, 1.54) is 17.0 Å². The lowest BCUT2D eigenvalue weighted by atomic mass is 10.2. The summed E-state index contributed by atoms with van der Waals surface area (Å²) in [6.07, 6.45) is 1.56. The van der Waals surface area contributed by atoms with Gasteiger partial charge in [0.2, 0.25) is 0 Å². The van der Waals surface area contributed by atoms with Crippen LogP contribution < -0.4 is 5.32 Å². The molecule has 0 spiro atoms. The number of pyridine rings is 1. The lowest BCUT2D eigenvalue weighted by Crippen LogP contribution is -2.21. The average molecular weight is 308 g/mol. The molecule has 6 heteroatoms. The van der Waals surface area contributed by atoms with Gasteiger partial charge in [0.05, 0.1) is 5.02 Å². The first-order valence-corrected chi connectivity index (χ1v) is 6.70. The molecule has 0 saturated carbocycles. The van der Waals surface area contributed by atoms with Crippen molar-refractivity contribution in [3.8, 4) is 0 Å². The summed E-state index contributed by atoms with van der Waals surface area (Å²) in [5, 5.41) is 3.14. The van der Waals surface area contributed by atoms with Crippen molar-refractivity contribution in [2.75, 3.05) is 19.4 Å². The van der Waals surface area contributed by atoms with Crippen molar-refractivity contribution in [3.05, 3.63) is 58.5 Å². The van der Waals surface area contributed by atoms with Gasteiger partial charge in [-0.05, 0) is 29.8 Å². The van der Waals surface area contributed by atoms with E-state index in [2.05, 4.69) is 10.3 Å². The smallest absolute Gasteiger partial charge is 0.253 e. The highest BCUT2D eigenvalue weighted by atomic mass is 35.5. The van der Waals surface area contributed by atoms with E-state index in [1.807, 2.05) is 0 Å². The molecule has 0 bridgehead atoms. The summed E-state index contributed by atoms with van der Waals surface area (Å²) in [6, 6.07) is 7.91. The molecule has 0 radical (unpaired) electrons. The van der Waals surface area contributed by atoms with Gasteiger partial charge in [-0.25, -0.2) is 9.37 Å². The third kappa shape index (κ3) is 3.92. The first-order chi connectivity index (χ1) is 9.97. The summed E-state index contributed by atoms with van der Waals surface area (Å²) >= 11 is 5.63. The molecule has 1 aromatic carbocycles. The second-order valence-corrected chi connectivity index (χ2v) is 5.14. The van der Waals surface area contributed by atoms with Gasteiger partial charge in [-0.1, -0.05) is 17.7 Å². The van der Waals surface area contributed by atoms with Gasteiger partial charge in [-0.3, -0.25) is 4.79 Å². The van der Waals surface area contributed by atoms with Crippen LogP contribution in [-0.4, -0.2) is 29.9 Å². The third-order valence-electron chi connectivity index (χ3n) is 2.87. The van der Waals surface area contributed by atoms with Crippen LogP contribution in [0.3, 0.4) is 0 Å². The second kappa shape index (κ2) is 6.54. The number of nitrogens with one attached hydrogen (secondary N) is 1. The summed E-state index contributed by atoms with van der Waals surface area (Å²) in [6.45, 7) is 0.390. The van der Waals surface area contributed by atoms with Crippen LogP contribution in [0.25, 0.3) is 0 Å². The van der Waals surface area contributed by atoms with Crippen molar-refractivity contribution in [3.63, 3.8) is 0 Å². The van der Waals surface area contributed by atoms with Crippen LogP contribution in [0.1, 0.15) is 15.9 Å². The highest BCUT2D eigenvalue weighted by Crippen LogP contribution is 2.16. The Kier molecular flexibility index (Phi) is 4.75. The molecule has 0 saturated heterocycles. The Morgan fingerprint density at radius 3 is 2.76 bits per heavy atom. The molecule has 4 nitrogen and oxygen atoms in total. The van der Waals surface area contributed by atoms with E-state index in [0.29, 0.717) is 17.9 Å². The summed E-state index contributed by atoms with van der Waals surface area (Å²) in [5.74, 6) is -0.00323. The van der Waals surface area contributed by atoms with Crippen molar-refractivity contribution in [1.82, 2.24) is 9.88 Å². The zero-order chi connectivity index (χ0) is 15.4. The number of hydrogen-bond donors (Lipinski definition) is 1. The van der Waals surface area contributed by atoms with E-state index in [4.69, 9.17) is 11.6 Å². The van der Waals surface area contributed by atoms with Gasteiger partial charge in [0.25, 0.3) is 5.91 Å². The van der Waals surface area contributed by atoms with Crippen LogP contribution in [0.2, 0.25) is 5.02 Å². The third-order valence-corrected chi connectivity index (χ3v) is 3.18. The molecule has 2 rings (SSSR count). The van der Waals surface area contributed by atoms with Crippen molar-refractivity contribution >= 4 is 23.3 Å². The Balaban J connectivity index is 2.08. The van der Waals surface area contributed by atoms with Crippen LogP contribution in [0.15, 0.2) is 36.5 Å². The fraction of sp³-hybridized carbons (Fsp3) is 0.200. The summed E-state index contributed by atoms with van der Waals surface area (Å²) in [5.41, 5.74) is 1.28. The number of anilines is 1. The largest absolute Gasteiger partial charge is 0.366 e. The zero-order valence-electron chi connectivity index (χ0n) is 11.7. The molecular weight excluding hydrogens is 293 g/mol. The Bertz CT molecular complexity index is 661. The molecule has 2 aromatic rings. The molecule has 0 aliphatic heterocycles. The van der Waals surface area contributed by atoms with Gasteiger partial charge >= 0.3 is 0 Å². The van der Waals surface area contributed by atoms with Gasteiger partial charge in [0.15, 0.2) is 0 Å². The predicted molar refractivity (Wildman–Crippen MR) is 81.0 cm³/mol. The maximum absolute atomic E-state index is 13.3. The Hall–Kier alpha value is -2.14. The fourth-order valence-corrected chi connectivity index (χ4v) is 1.88. The number of benzene rings is 1. The normalized spacial score (nSPS) is 10.3. The van der Waals surface area contributed by atoms with E-state index >= 15 is 0 Å². The number of carbonyl (C=O) groups is 1. The van der Waals surface area contributed by atoms with E-state index in [-0.39, 0.29) is 10.9 Å². The van der Waals surface area contributed by atoms with Gasteiger partial charge in [-0.15, -0.1) is 0 Å². The van der Waals surface area contributed by atoms with E-state index in [1.54, 1.807) is 38.5 Å². The summed E-state index contributed by atoms with van der Waals surface area (Å²) in [4.78, 5) is 17.5. The van der Waals surface area contributed by atoms with E-state index in [9.17, 15) is 9.18 Å². The maximum Gasteiger partial charge on any atom is 0.253 e. The molecule has 1 heterocycles. The van der Waals surface area contributed by atoms with Crippen molar-refractivity contribution < 1.29 is 9.18 Å². The minimum atomic E-state index is -0.458. The van der Waals surface area contributed by atoms with E-state index in [0.717, 1.165) is 5.56 Å². The minimum Gasteiger partial charge on any atom is -0.366 e. The summed E-state index contributed by atoms with van der Waals surface area (Å²) < 4.78 is 13.3. The number of rotatable bonds is 4. The number of halogens is 2. The number of carbonyl (C=O) groups excluding carboxylic acids is 1. The standard InChI is InChI=1S/C15H15ClFN3O/c1-20(2)15(21)11-5-6-18-14(8-11)19-9-10-3-4-12(16)13(17)7-10/h3-8H,9H2,1-2H3,(H,18,19). The van der Waals surface area contributed by atoms with Crippen molar-refractivity contribution in [1.29, 1.82) is 0 Å². The second-order valence-electron chi connectivity index (χ2n) is 4.73. The van der Waals surface area contributed by atoms with Crippen molar-refractivity contribution in [2.24, 2.45) is 0 Å². The molecule has 110 valence electrons. The molecule has 1 N–H and O–H groups in total. The molecule has 21 heavy (non-hydrogen) atoms. The molecule has 0 aliphatic carbocycles. The first-order valence-electron chi connectivity index (χ1n) is 6.33. The highest BCUT2D eigenvalue weighted by molar-refractivity contribution is 6.30. The topological polar surface area (TPSA) is 45.2 Å². The van der Waals surface area contributed by atoms with Gasteiger partial charge in [0.1, 0.15) is 11.6 Å². The molecule has 0 fully saturated rings. The Labute approximate surface area is 127 Å². The Morgan fingerprint density at radius 1 is 1.33 bits per heavy atom. The molecule has 0 unspecified atom stereocenters. The lowest BCUT2D eigenvalue weighted by molar-refractivity contribution is 0.0827. The number of hydrogen-bond acceptors (Lipinski definition) is 3. The Morgan fingerprint density at radius 2 is 2.10 bits per heavy atom. The van der Waals surface area contributed by atoms with Crippen LogP contribution >= 0.6 is 11.6 Å². The van der Waals surface area contributed by atoms with Gasteiger partial charge < -0.3 is 10.2 Å². The lowest BCUT2D eigenvalue weighted by Gasteiger charge is -2.11. The molecule has 1 aromatic heterocycles. The monoisotopic (exact) mass is 307 g/mol. The van der Waals surface area contributed by atoms with Crippen LogP contribution in [0.4, 0.5) is 10.2 Å². The van der Waals surface area contributed by atoms with Crippen molar-refractivity contribution in [2.45, 2.75) is 6.54 Å². The minimum absolute atomic E-state index is 0.0930. The molecule has 1 amide bonds. The SMILES string of the molecule is CN(C)C(=O)c1ccnc(NCc2ccc(Cl)c(F)c2)c1. The zero-order valence-corrected chi connectivity index (χ0v) is 12.5. The van der Waals surface area contributed by atoms with Gasteiger partial charge in [-0.2, -0.15) is 0 Å². The average Bonchev–Trinajstić information content (AvgIpc) is 2.48. The summed E-state index contributed by atoms with van der Waals surface area (Å²) in [7, 11) is 3.37. The molecule has 0 atom stereocenters. The van der Waals surface area contributed by atoms with Crippen LogP contribution in [0, 0.1) is 5.82 Å². The van der Waals surface area contributed by atoms with E-state index < -0.39 is 5.82 Å². The quantitative estimate of drug-likeness (QED) is 0.943. The predicted octanol–water partition coefficient (Wildman–Crippen LogP) is 3.19. The van der Waals surface area contributed by atoms with Gasteiger partial charge in [0, 0.05) is 32.4 Å². The number of nitrogens with zero attached hydrogens (tertiary/aromatic N) is 2. The first kappa shape index (κ1) is 15.3. The molecule has 0 aliphatic rings. The maximum atomic E-state index is 13.3. The fourth-order valence-electron chi connectivity index (χ4n) is 1.76. The number of aromatic nitrogens is 1.